The van der Waals surface area contributed by atoms with Gasteiger partial charge in [0.25, 0.3) is 5.91 Å². The second kappa shape index (κ2) is 8.35. The van der Waals surface area contributed by atoms with E-state index in [1.54, 1.807) is 18.3 Å². The summed E-state index contributed by atoms with van der Waals surface area (Å²) in [4.78, 5) is 17.4. The Kier molecular flexibility index (Phi) is 5.76. The highest BCUT2D eigenvalue weighted by Crippen LogP contribution is 2.29. The lowest BCUT2D eigenvalue weighted by molar-refractivity contribution is 0.0947. The molecule has 1 aromatic carbocycles. The maximum Gasteiger partial charge on any atom is 0.272 e. The second-order valence-corrected chi connectivity index (χ2v) is 9.65. The summed E-state index contributed by atoms with van der Waals surface area (Å²) >= 11 is 0. The molecule has 164 valence electrons. The van der Waals surface area contributed by atoms with Crippen LogP contribution in [0.15, 0.2) is 42.6 Å². The van der Waals surface area contributed by atoms with Gasteiger partial charge in [-0.05, 0) is 42.7 Å². The van der Waals surface area contributed by atoms with Crippen molar-refractivity contribution >= 4 is 21.4 Å². The number of nitrogens with zero attached hydrogens (tertiary/aromatic N) is 3. The molecule has 0 aliphatic carbocycles. The number of piperidine rings is 1. The summed E-state index contributed by atoms with van der Waals surface area (Å²) < 4.78 is 53.7. The largest absolute Gasteiger partial charge is 0.347 e. The molecule has 1 atom stereocenters. The number of benzene rings is 1. The highest BCUT2D eigenvalue weighted by atomic mass is 32.2. The van der Waals surface area contributed by atoms with E-state index in [1.807, 2.05) is 10.5 Å². The minimum absolute atomic E-state index is 0.0164. The predicted molar refractivity (Wildman–Crippen MR) is 111 cm³/mol. The number of nitrogens with one attached hydrogen (secondary N) is 1. The number of halogens is 2. The molecule has 2 aromatic heterocycles. The van der Waals surface area contributed by atoms with E-state index in [4.69, 9.17) is 0 Å². The van der Waals surface area contributed by atoms with E-state index in [9.17, 15) is 22.0 Å². The molecular formula is C21H22F2N4O3S. The fourth-order valence-corrected chi connectivity index (χ4v) is 4.80. The molecule has 0 bridgehead atoms. The molecule has 7 nitrogen and oxygen atoms in total. The summed E-state index contributed by atoms with van der Waals surface area (Å²) in [6.07, 6.45) is 4.45. The van der Waals surface area contributed by atoms with Crippen LogP contribution in [0.3, 0.4) is 0 Å². The monoisotopic (exact) mass is 448 g/mol. The molecule has 1 N–H and O–H groups in total. The Hall–Kier alpha value is -2.85. The van der Waals surface area contributed by atoms with Gasteiger partial charge in [0.05, 0.1) is 11.8 Å². The molecule has 1 saturated heterocycles. The molecule has 10 heteroatoms. The summed E-state index contributed by atoms with van der Waals surface area (Å²) in [7, 11) is -3.32. The lowest BCUT2D eigenvalue weighted by Crippen LogP contribution is -2.38. The van der Waals surface area contributed by atoms with E-state index < -0.39 is 27.6 Å². The fraction of sp³-hybridized carbons (Fsp3) is 0.333. The average Bonchev–Trinajstić information content (AvgIpc) is 3.14. The zero-order chi connectivity index (χ0) is 22.2. The van der Waals surface area contributed by atoms with Gasteiger partial charge >= 0.3 is 0 Å². The number of amides is 1. The van der Waals surface area contributed by atoms with Gasteiger partial charge in [-0.2, -0.15) is 0 Å². The number of hydrogen-bond acceptors (Lipinski definition) is 4. The number of pyridine rings is 1. The van der Waals surface area contributed by atoms with Gasteiger partial charge in [0, 0.05) is 31.7 Å². The van der Waals surface area contributed by atoms with E-state index in [0.717, 1.165) is 18.6 Å². The van der Waals surface area contributed by atoms with Gasteiger partial charge in [-0.15, -0.1) is 0 Å². The summed E-state index contributed by atoms with van der Waals surface area (Å²) in [6.45, 7) is 0.797. The number of carbonyl (C=O) groups excluding carboxylic acids is 1. The Balaban J connectivity index is 1.60. The van der Waals surface area contributed by atoms with Gasteiger partial charge < -0.3 is 9.72 Å². The van der Waals surface area contributed by atoms with Crippen LogP contribution in [0.2, 0.25) is 0 Å². The average molecular weight is 448 g/mol. The summed E-state index contributed by atoms with van der Waals surface area (Å²) in [6, 6.07) is 8.82. The lowest BCUT2D eigenvalue weighted by atomic mass is 9.99. The Labute approximate surface area is 178 Å². The summed E-state index contributed by atoms with van der Waals surface area (Å²) in [5.74, 6) is -1.90. The zero-order valence-electron chi connectivity index (χ0n) is 16.9. The number of hydrogen-bond donors (Lipinski definition) is 1. The molecule has 1 amide bonds. The SMILES string of the molecule is CS(=O)(=O)N1CCCC(c2nc(C(=O)NCc3ccc(F)c(F)c3)c3ccccn23)C1. The molecule has 1 unspecified atom stereocenters. The minimum atomic E-state index is -3.32. The predicted octanol–water partition coefficient (Wildman–Crippen LogP) is 2.68. The first-order valence-electron chi connectivity index (χ1n) is 9.88. The highest BCUT2D eigenvalue weighted by molar-refractivity contribution is 7.88. The van der Waals surface area contributed by atoms with Crippen LogP contribution in [0.1, 0.15) is 40.6 Å². The Morgan fingerprint density at radius 2 is 2.03 bits per heavy atom. The first-order chi connectivity index (χ1) is 14.7. The summed E-state index contributed by atoms with van der Waals surface area (Å²) in [5, 5.41) is 2.69. The van der Waals surface area contributed by atoms with Crippen molar-refractivity contribution in [2.24, 2.45) is 0 Å². The van der Waals surface area contributed by atoms with Crippen LogP contribution >= 0.6 is 0 Å². The van der Waals surface area contributed by atoms with Crippen molar-refractivity contribution in [3.05, 3.63) is 71.3 Å². The number of carbonyl (C=O) groups is 1. The smallest absolute Gasteiger partial charge is 0.272 e. The molecule has 3 aromatic rings. The third-order valence-corrected chi connectivity index (χ3v) is 6.72. The van der Waals surface area contributed by atoms with Crippen molar-refractivity contribution in [2.75, 3.05) is 19.3 Å². The quantitative estimate of drug-likeness (QED) is 0.651. The molecule has 0 radical (unpaired) electrons. The van der Waals surface area contributed by atoms with Gasteiger partial charge in [0.1, 0.15) is 5.82 Å². The molecule has 1 aliphatic rings. The van der Waals surface area contributed by atoms with Crippen LogP contribution in [-0.4, -0.2) is 47.4 Å². The van der Waals surface area contributed by atoms with E-state index in [-0.39, 0.29) is 18.2 Å². The molecule has 3 heterocycles. The maximum atomic E-state index is 13.4. The number of sulfonamides is 1. The Morgan fingerprint density at radius 1 is 1.23 bits per heavy atom. The van der Waals surface area contributed by atoms with E-state index in [1.165, 1.54) is 16.6 Å². The standard InChI is InChI=1S/C21H22F2N4O3S/c1-31(29,30)26-9-4-5-15(13-26)20-25-19(18-6-2-3-10-27(18)20)21(28)24-12-14-7-8-16(22)17(23)11-14/h2-3,6-8,10-11,15H,4-5,9,12-13H2,1H3,(H,24,28). The number of fused-ring (bicyclic) bond motifs is 1. The number of aromatic nitrogens is 2. The molecule has 0 saturated carbocycles. The molecule has 1 aliphatic heterocycles. The van der Waals surface area contributed by atoms with Crippen LogP contribution in [-0.2, 0) is 16.6 Å². The third-order valence-electron chi connectivity index (χ3n) is 5.45. The van der Waals surface area contributed by atoms with Crippen molar-refractivity contribution in [2.45, 2.75) is 25.3 Å². The van der Waals surface area contributed by atoms with Gasteiger partial charge in [0.15, 0.2) is 17.3 Å². The van der Waals surface area contributed by atoms with Crippen molar-refractivity contribution < 1.29 is 22.0 Å². The van der Waals surface area contributed by atoms with Crippen LogP contribution in [0.25, 0.3) is 5.52 Å². The zero-order valence-corrected chi connectivity index (χ0v) is 17.7. The van der Waals surface area contributed by atoms with Crippen LogP contribution in [0.5, 0.6) is 0 Å². The van der Waals surface area contributed by atoms with Gasteiger partial charge in [-0.1, -0.05) is 12.1 Å². The highest BCUT2D eigenvalue weighted by Gasteiger charge is 2.30. The van der Waals surface area contributed by atoms with Crippen LogP contribution in [0, 0.1) is 11.6 Å². The van der Waals surface area contributed by atoms with Crippen molar-refractivity contribution in [3.8, 4) is 0 Å². The van der Waals surface area contributed by atoms with Crippen LogP contribution < -0.4 is 5.32 Å². The first-order valence-corrected chi connectivity index (χ1v) is 11.7. The topological polar surface area (TPSA) is 83.8 Å². The minimum Gasteiger partial charge on any atom is -0.347 e. The number of imidazole rings is 1. The normalized spacial score (nSPS) is 17.7. The van der Waals surface area contributed by atoms with E-state index >= 15 is 0 Å². The lowest BCUT2D eigenvalue weighted by Gasteiger charge is -2.30. The first kappa shape index (κ1) is 21.4. The molecule has 1 fully saturated rings. The molecule has 4 rings (SSSR count). The van der Waals surface area contributed by atoms with Gasteiger partial charge in [-0.25, -0.2) is 26.5 Å². The Bertz CT molecular complexity index is 1240. The fourth-order valence-electron chi connectivity index (χ4n) is 3.89. The van der Waals surface area contributed by atoms with Gasteiger partial charge in [-0.3, -0.25) is 4.79 Å². The maximum absolute atomic E-state index is 13.4. The van der Waals surface area contributed by atoms with Gasteiger partial charge in [0.2, 0.25) is 10.0 Å². The Morgan fingerprint density at radius 3 is 2.77 bits per heavy atom. The third kappa shape index (κ3) is 4.45. The second-order valence-electron chi connectivity index (χ2n) is 7.67. The van der Waals surface area contributed by atoms with Crippen molar-refractivity contribution in [1.29, 1.82) is 0 Å². The van der Waals surface area contributed by atoms with Crippen molar-refractivity contribution in [3.63, 3.8) is 0 Å². The van der Waals surface area contributed by atoms with E-state index in [0.29, 0.717) is 36.4 Å². The molecule has 31 heavy (non-hydrogen) atoms. The van der Waals surface area contributed by atoms with E-state index in [2.05, 4.69) is 10.3 Å². The number of rotatable bonds is 5. The molecule has 0 spiro atoms. The molecular weight excluding hydrogens is 426 g/mol. The van der Waals surface area contributed by atoms with Crippen LogP contribution in [0.4, 0.5) is 8.78 Å². The van der Waals surface area contributed by atoms with Crippen molar-refractivity contribution in [1.82, 2.24) is 19.0 Å². The summed E-state index contributed by atoms with van der Waals surface area (Å²) in [5.41, 5.74) is 1.22.